The number of carbonyl (C=O) groups excluding carboxylic acids is 1. The van der Waals surface area contributed by atoms with Crippen LogP contribution in [0.25, 0.3) is 16.7 Å². The Bertz CT molecular complexity index is 930. The minimum absolute atomic E-state index is 0.244. The highest BCUT2D eigenvalue weighted by molar-refractivity contribution is 5.92. The van der Waals surface area contributed by atoms with E-state index in [0.717, 1.165) is 24.2 Å². The standard InChI is InChI=1S/C16H15F2N5O/c1-9-7-23(15-5-13(16(3,17)18)20-8-21-15)12-4-14(22-10(2)24)19-6-11(9)12/h4-8H,1-3H3,(H,19,22,24). The number of aromatic nitrogens is 4. The van der Waals surface area contributed by atoms with Crippen molar-refractivity contribution >= 4 is 22.6 Å². The van der Waals surface area contributed by atoms with Crippen LogP contribution in [0.2, 0.25) is 0 Å². The first kappa shape index (κ1) is 16.0. The first-order valence-corrected chi connectivity index (χ1v) is 7.21. The van der Waals surface area contributed by atoms with E-state index < -0.39 is 5.92 Å². The maximum absolute atomic E-state index is 13.5. The highest BCUT2D eigenvalue weighted by Crippen LogP contribution is 2.28. The quantitative estimate of drug-likeness (QED) is 0.800. The molecule has 3 aromatic rings. The zero-order chi connectivity index (χ0) is 17.5. The molecule has 3 heterocycles. The van der Waals surface area contributed by atoms with Crippen molar-refractivity contribution < 1.29 is 13.6 Å². The van der Waals surface area contributed by atoms with E-state index in [4.69, 9.17) is 0 Å². The average molecular weight is 331 g/mol. The number of pyridine rings is 1. The summed E-state index contributed by atoms with van der Waals surface area (Å²) in [4.78, 5) is 23.1. The number of aryl methyl sites for hydroxylation is 1. The van der Waals surface area contributed by atoms with E-state index in [1.165, 1.54) is 13.0 Å². The van der Waals surface area contributed by atoms with Crippen molar-refractivity contribution in [3.05, 3.63) is 42.1 Å². The summed E-state index contributed by atoms with van der Waals surface area (Å²) in [5, 5.41) is 3.44. The third kappa shape index (κ3) is 2.94. The van der Waals surface area contributed by atoms with Gasteiger partial charge in [0.25, 0.3) is 5.92 Å². The van der Waals surface area contributed by atoms with Gasteiger partial charge in [0.2, 0.25) is 5.91 Å². The molecule has 0 atom stereocenters. The number of halogens is 2. The second-order valence-electron chi connectivity index (χ2n) is 5.60. The maximum Gasteiger partial charge on any atom is 0.287 e. The van der Waals surface area contributed by atoms with E-state index in [-0.39, 0.29) is 11.6 Å². The molecule has 3 aromatic heterocycles. The van der Waals surface area contributed by atoms with Gasteiger partial charge in [-0.15, -0.1) is 0 Å². The normalized spacial score (nSPS) is 11.7. The molecule has 0 saturated carbocycles. The first-order chi connectivity index (χ1) is 11.3. The average Bonchev–Trinajstić information content (AvgIpc) is 2.83. The highest BCUT2D eigenvalue weighted by atomic mass is 19.3. The molecule has 0 saturated heterocycles. The molecule has 124 valence electrons. The molecule has 0 spiro atoms. The third-order valence-electron chi connectivity index (χ3n) is 3.54. The number of anilines is 1. The van der Waals surface area contributed by atoms with Crippen LogP contribution in [0, 0.1) is 6.92 Å². The minimum Gasteiger partial charge on any atom is -0.311 e. The van der Waals surface area contributed by atoms with Gasteiger partial charge in [-0.05, 0) is 12.5 Å². The summed E-state index contributed by atoms with van der Waals surface area (Å²) in [7, 11) is 0. The van der Waals surface area contributed by atoms with Crippen LogP contribution in [-0.4, -0.2) is 25.4 Å². The molecule has 0 bridgehead atoms. The molecular weight excluding hydrogens is 316 g/mol. The van der Waals surface area contributed by atoms with Crippen LogP contribution in [0.4, 0.5) is 14.6 Å². The van der Waals surface area contributed by atoms with Crippen LogP contribution in [0.15, 0.2) is 30.9 Å². The van der Waals surface area contributed by atoms with E-state index in [1.807, 2.05) is 6.92 Å². The third-order valence-corrected chi connectivity index (χ3v) is 3.54. The van der Waals surface area contributed by atoms with E-state index in [1.54, 1.807) is 23.0 Å². The molecule has 24 heavy (non-hydrogen) atoms. The lowest BCUT2D eigenvalue weighted by atomic mass is 10.2. The molecule has 3 rings (SSSR count). The molecule has 1 N–H and O–H groups in total. The molecule has 0 aliphatic carbocycles. The topological polar surface area (TPSA) is 72.7 Å². The number of carbonyl (C=O) groups is 1. The number of hydrogen-bond acceptors (Lipinski definition) is 4. The Labute approximate surface area is 136 Å². The molecule has 0 radical (unpaired) electrons. The van der Waals surface area contributed by atoms with Crippen molar-refractivity contribution in [1.29, 1.82) is 0 Å². The van der Waals surface area contributed by atoms with Gasteiger partial charge in [-0.2, -0.15) is 8.78 Å². The fourth-order valence-electron chi connectivity index (χ4n) is 2.44. The van der Waals surface area contributed by atoms with E-state index in [2.05, 4.69) is 20.3 Å². The molecule has 1 amide bonds. The van der Waals surface area contributed by atoms with Crippen LogP contribution in [-0.2, 0) is 10.7 Å². The predicted octanol–water partition coefficient (Wildman–Crippen LogP) is 3.19. The van der Waals surface area contributed by atoms with Gasteiger partial charge in [-0.3, -0.25) is 4.79 Å². The summed E-state index contributed by atoms with van der Waals surface area (Å²) in [6, 6.07) is 2.92. The Morgan fingerprint density at radius 2 is 2.00 bits per heavy atom. The number of nitrogens with zero attached hydrogens (tertiary/aromatic N) is 4. The lowest BCUT2D eigenvalue weighted by Gasteiger charge is -2.11. The lowest BCUT2D eigenvalue weighted by molar-refractivity contribution is -0.114. The molecule has 0 unspecified atom stereocenters. The number of fused-ring (bicyclic) bond motifs is 1. The fourth-order valence-corrected chi connectivity index (χ4v) is 2.44. The van der Waals surface area contributed by atoms with Gasteiger partial charge in [-0.1, -0.05) is 0 Å². The highest BCUT2D eigenvalue weighted by Gasteiger charge is 2.27. The Kier molecular flexibility index (Phi) is 3.75. The second-order valence-corrected chi connectivity index (χ2v) is 5.60. The SMILES string of the molecule is CC(=O)Nc1cc2c(cn1)c(C)cn2-c1cc(C(C)(F)F)ncn1. The van der Waals surface area contributed by atoms with Crippen LogP contribution in [0.1, 0.15) is 25.1 Å². The largest absolute Gasteiger partial charge is 0.311 e. The van der Waals surface area contributed by atoms with Crippen LogP contribution in [0.5, 0.6) is 0 Å². The van der Waals surface area contributed by atoms with Gasteiger partial charge in [0, 0.05) is 43.8 Å². The van der Waals surface area contributed by atoms with Crippen LogP contribution >= 0.6 is 0 Å². The van der Waals surface area contributed by atoms with E-state index in [0.29, 0.717) is 17.2 Å². The smallest absolute Gasteiger partial charge is 0.287 e. The lowest BCUT2D eigenvalue weighted by Crippen LogP contribution is -2.11. The number of alkyl halides is 2. The number of hydrogen-bond donors (Lipinski definition) is 1. The second kappa shape index (κ2) is 5.63. The van der Waals surface area contributed by atoms with Crippen molar-refractivity contribution in [3.63, 3.8) is 0 Å². The Hall–Kier alpha value is -2.90. The van der Waals surface area contributed by atoms with Crippen molar-refractivity contribution in [2.45, 2.75) is 26.7 Å². The molecule has 6 nitrogen and oxygen atoms in total. The van der Waals surface area contributed by atoms with Crippen LogP contribution < -0.4 is 5.32 Å². The summed E-state index contributed by atoms with van der Waals surface area (Å²) in [5.74, 6) is -2.60. The van der Waals surface area contributed by atoms with Gasteiger partial charge in [0.05, 0.1) is 5.52 Å². The van der Waals surface area contributed by atoms with Crippen molar-refractivity contribution in [3.8, 4) is 5.82 Å². The molecule has 0 aromatic carbocycles. The van der Waals surface area contributed by atoms with Crippen LogP contribution in [0.3, 0.4) is 0 Å². The first-order valence-electron chi connectivity index (χ1n) is 7.21. The summed E-state index contributed by atoms with van der Waals surface area (Å²) in [6.07, 6.45) is 4.52. The summed E-state index contributed by atoms with van der Waals surface area (Å²) in [6.45, 7) is 4.06. The molecule has 0 fully saturated rings. The zero-order valence-corrected chi connectivity index (χ0v) is 13.3. The monoisotopic (exact) mass is 331 g/mol. The van der Waals surface area contributed by atoms with Crippen molar-refractivity contribution in [1.82, 2.24) is 19.5 Å². The van der Waals surface area contributed by atoms with E-state index >= 15 is 0 Å². The number of amides is 1. The van der Waals surface area contributed by atoms with Crippen molar-refractivity contribution in [2.75, 3.05) is 5.32 Å². The summed E-state index contributed by atoms with van der Waals surface area (Å²) in [5.41, 5.74) is 1.26. The van der Waals surface area contributed by atoms with Gasteiger partial charge in [0.15, 0.2) is 0 Å². The molecular formula is C16H15F2N5O. The molecule has 0 aliphatic rings. The minimum atomic E-state index is -3.06. The fraction of sp³-hybridized carbons (Fsp3) is 0.250. The zero-order valence-electron chi connectivity index (χ0n) is 13.3. The maximum atomic E-state index is 13.5. The van der Waals surface area contributed by atoms with Gasteiger partial charge in [0.1, 0.15) is 23.7 Å². The molecule has 8 heteroatoms. The van der Waals surface area contributed by atoms with Crippen molar-refractivity contribution in [2.24, 2.45) is 0 Å². The van der Waals surface area contributed by atoms with Gasteiger partial charge >= 0.3 is 0 Å². The Balaban J connectivity index is 2.17. The summed E-state index contributed by atoms with van der Waals surface area (Å²) < 4.78 is 28.7. The van der Waals surface area contributed by atoms with E-state index in [9.17, 15) is 13.6 Å². The summed E-state index contributed by atoms with van der Waals surface area (Å²) >= 11 is 0. The Morgan fingerprint density at radius 1 is 1.25 bits per heavy atom. The molecule has 0 aliphatic heterocycles. The van der Waals surface area contributed by atoms with Gasteiger partial charge < -0.3 is 9.88 Å². The predicted molar refractivity (Wildman–Crippen MR) is 85.3 cm³/mol. The Morgan fingerprint density at radius 3 is 2.67 bits per heavy atom. The number of rotatable bonds is 3. The number of nitrogens with one attached hydrogen (secondary N) is 1. The van der Waals surface area contributed by atoms with Gasteiger partial charge in [-0.25, -0.2) is 15.0 Å².